The van der Waals surface area contributed by atoms with E-state index >= 15 is 0 Å². The number of aliphatic carboxylic acids is 1. The van der Waals surface area contributed by atoms with Crippen LogP contribution in [0, 0.1) is 6.92 Å². The normalized spacial score (nSPS) is 12.1. The SMILES string of the molecule is COC(CNC(=O)c1coc(C)c1)CC(=O)O. The van der Waals surface area contributed by atoms with Gasteiger partial charge in [0.1, 0.15) is 12.0 Å². The molecule has 1 aromatic heterocycles. The van der Waals surface area contributed by atoms with Gasteiger partial charge in [0.25, 0.3) is 5.91 Å². The Hall–Kier alpha value is -1.82. The van der Waals surface area contributed by atoms with Gasteiger partial charge in [0, 0.05) is 13.7 Å². The highest BCUT2D eigenvalue weighted by Gasteiger charge is 2.15. The summed E-state index contributed by atoms with van der Waals surface area (Å²) in [6.07, 6.45) is 0.662. The Morgan fingerprint density at radius 2 is 2.29 bits per heavy atom. The summed E-state index contributed by atoms with van der Waals surface area (Å²) in [6.45, 7) is 1.88. The molecule has 1 amide bonds. The van der Waals surface area contributed by atoms with Crippen LogP contribution in [-0.2, 0) is 9.53 Å². The van der Waals surface area contributed by atoms with E-state index < -0.39 is 12.1 Å². The largest absolute Gasteiger partial charge is 0.481 e. The molecule has 0 fully saturated rings. The van der Waals surface area contributed by atoms with Gasteiger partial charge in [0.05, 0.1) is 18.1 Å². The monoisotopic (exact) mass is 241 g/mol. The molecule has 1 rings (SSSR count). The van der Waals surface area contributed by atoms with Crippen LogP contribution < -0.4 is 5.32 Å². The first-order valence-corrected chi connectivity index (χ1v) is 5.11. The van der Waals surface area contributed by atoms with Gasteiger partial charge in [-0.25, -0.2) is 0 Å². The van der Waals surface area contributed by atoms with Crippen molar-refractivity contribution in [1.82, 2.24) is 5.32 Å². The zero-order valence-corrected chi connectivity index (χ0v) is 9.73. The van der Waals surface area contributed by atoms with Crippen LogP contribution in [0.25, 0.3) is 0 Å². The van der Waals surface area contributed by atoms with Gasteiger partial charge in [-0.05, 0) is 13.0 Å². The van der Waals surface area contributed by atoms with Gasteiger partial charge in [-0.2, -0.15) is 0 Å². The lowest BCUT2D eigenvalue weighted by molar-refractivity contribution is -0.139. The number of rotatable bonds is 6. The van der Waals surface area contributed by atoms with Crippen molar-refractivity contribution >= 4 is 11.9 Å². The highest BCUT2D eigenvalue weighted by atomic mass is 16.5. The molecular weight excluding hydrogens is 226 g/mol. The van der Waals surface area contributed by atoms with Crippen molar-refractivity contribution in [1.29, 1.82) is 0 Å². The Labute approximate surface area is 98.6 Å². The zero-order chi connectivity index (χ0) is 12.8. The van der Waals surface area contributed by atoms with Crippen molar-refractivity contribution in [3.05, 3.63) is 23.7 Å². The molecule has 0 saturated heterocycles. The third-order valence-corrected chi connectivity index (χ3v) is 2.22. The lowest BCUT2D eigenvalue weighted by Gasteiger charge is -2.13. The molecule has 1 aromatic rings. The first-order chi connectivity index (χ1) is 8.02. The predicted molar refractivity (Wildman–Crippen MR) is 58.8 cm³/mol. The van der Waals surface area contributed by atoms with Gasteiger partial charge in [-0.3, -0.25) is 9.59 Å². The summed E-state index contributed by atoms with van der Waals surface area (Å²) in [5, 5.41) is 11.2. The minimum Gasteiger partial charge on any atom is -0.481 e. The Balaban J connectivity index is 2.44. The summed E-state index contributed by atoms with van der Waals surface area (Å²) in [5.74, 6) is -0.636. The maximum absolute atomic E-state index is 11.6. The van der Waals surface area contributed by atoms with Crippen molar-refractivity contribution in [2.75, 3.05) is 13.7 Å². The molecule has 0 saturated carbocycles. The molecule has 2 N–H and O–H groups in total. The Morgan fingerprint density at radius 1 is 1.59 bits per heavy atom. The number of carbonyl (C=O) groups excluding carboxylic acids is 1. The summed E-state index contributed by atoms with van der Waals surface area (Å²) in [4.78, 5) is 22.1. The Kier molecular flexibility index (Phi) is 4.71. The summed E-state index contributed by atoms with van der Waals surface area (Å²) in [5.41, 5.74) is 0.410. The number of nitrogens with one attached hydrogen (secondary N) is 1. The number of amides is 1. The molecule has 0 radical (unpaired) electrons. The average molecular weight is 241 g/mol. The van der Waals surface area contributed by atoms with Gasteiger partial charge < -0.3 is 19.6 Å². The lowest BCUT2D eigenvalue weighted by Crippen LogP contribution is -2.34. The molecule has 0 aliphatic rings. The van der Waals surface area contributed by atoms with Crippen molar-refractivity contribution in [3.8, 4) is 0 Å². The minimum absolute atomic E-state index is 0.145. The molecule has 0 aromatic carbocycles. The fraction of sp³-hybridized carbons (Fsp3) is 0.455. The molecule has 1 heterocycles. The second-order valence-electron chi connectivity index (χ2n) is 3.61. The first kappa shape index (κ1) is 13.2. The van der Waals surface area contributed by atoms with Crippen LogP contribution in [-0.4, -0.2) is 36.7 Å². The Morgan fingerprint density at radius 3 is 2.76 bits per heavy atom. The van der Waals surface area contributed by atoms with Gasteiger partial charge >= 0.3 is 5.97 Å². The van der Waals surface area contributed by atoms with Gasteiger partial charge in [0.2, 0.25) is 0 Å². The third kappa shape index (κ3) is 4.28. The standard InChI is InChI=1S/C11H15NO5/c1-7-3-8(6-17-7)11(15)12-5-9(16-2)4-10(13)14/h3,6,9H,4-5H2,1-2H3,(H,12,15)(H,13,14). The molecule has 0 aliphatic heterocycles. The number of carbonyl (C=O) groups is 2. The molecule has 0 aliphatic carbocycles. The first-order valence-electron chi connectivity index (χ1n) is 5.11. The molecule has 1 atom stereocenters. The van der Waals surface area contributed by atoms with E-state index in [0.717, 1.165) is 0 Å². The topological polar surface area (TPSA) is 88.8 Å². The summed E-state index contributed by atoms with van der Waals surface area (Å²) < 4.78 is 9.93. The number of hydrogen-bond acceptors (Lipinski definition) is 4. The number of carboxylic acids is 1. The number of ether oxygens (including phenoxy) is 1. The van der Waals surface area contributed by atoms with Crippen LogP contribution in [0.3, 0.4) is 0 Å². The number of furan rings is 1. The summed E-state index contributed by atoms with van der Waals surface area (Å²) >= 11 is 0. The van der Waals surface area contributed by atoms with Crippen LogP contribution in [0.1, 0.15) is 22.5 Å². The molecule has 6 heteroatoms. The number of carboxylic acid groups (broad SMARTS) is 1. The van der Waals surface area contributed by atoms with Crippen LogP contribution in [0.15, 0.2) is 16.7 Å². The maximum Gasteiger partial charge on any atom is 0.306 e. The molecule has 94 valence electrons. The molecule has 1 unspecified atom stereocenters. The van der Waals surface area contributed by atoms with Crippen LogP contribution in [0.5, 0.6) is 0 Å². The summed E-state index contributed by atoms with van der Waals surface area (Å²) in [6, 6.07) is 1.61. The highest BCUT2D eigenvalue weighted by molar-refractivity contribution is 5.93. The average Bonchev–Trinajstić information content (AvgIpc) is 2.70. The molecule has 17 heavy (non-hydrogen) atoms. The molecular formula is C11H15NO5. The van der Waals surface area contributed by atoms with E-state index in [1.807, 2.05) is 0 Å². The Bertz CT molecular complexity index is 398. The van der Waals surface area contributed by atoms with Crippen molar-refractivity contribution in [3.63, 3.8) is 0 Å². The third-order valence-electron chi connectivity index (χ3n) is 2.22. The van der Waals surface area contributed by atoms with Gasteiger partial charge in [-0.1, -0.05) is 0 Å². The van der Waals surface area contributed by atoms with Crippen molar-refractivity contribution in [2.45, 2.75) is 19.4 Å². The highest BCUT2D eigenvalue weighted by Crippen LogP contribution is 2.06. The van der Waals surface area contributed by atoms with Crippen molar-refractivity contribution < 1.29 is 23.8 Å². The van der Waals surface area contributed by atoms with Crippen LogP contribution >= 0.6 is 0 Å². The van der Waals surface area contributed by atoms with E-state index in [1.165, 1.54) is 13.4 Å². The van der Waals surface area contributed by atoms with E-state index in [-0.39, 0.29) is 18.9 Å². The van der Waals surface area contributed by atoms with E-state index in [4.69, 9.17) is 14.3 Å². The maximum atomic E-state index is 11.6. The fourth-order valence-corrected chi connectivity index (χ4v) is 1.30. The molecule has 6 nitrogen and oxygen atoms in total. The van der Waals surface area contributed by atoms with E-state index in [1.54, 1.807) is 13.0 Å². The molecule has 0 spiro atoms. The second-order valence-corrected chi connectivity index (χ2v) is 3.61. The summed E-state index contributed by atoms with van der Waals surface area (Å²) in [7, 11) is 1.40. The predicted octanol–water partition coefficient (Wildman–Crippen LogP) is 0.808. The van der Waals surface area contributed by atoms with Crippen molar-refractivity contribution in [2.24, 2.45) is 0 Å². The zero-order valence-electron chi connectivity index (χ0n) is 9.73. The second kappa shape index (κ2) is 6.05. The quantitative estimate of drug-likeness (QED) is 0.769. The van der Waals surface area contributed by atoms with E-state index in [0.29, 0.717) is 11.3 Å². The van der Waals surface area contributed by atoms with E-state index in [2.05, 4.69) is 5.32 Å². The smallest absolute Gasteiger partial charge is 0.306 e. The van der Waals surface area contributed by atoms with Crippen LogP contribution in [0.4, 0.5) is 0 Å². The van der Waals surface area contributed by atoms with E-state index in [9.17, 15) is 9.59 Å². The lowest BCUT2D eigenvalue weighted by atomic mass is 10.2. The number of aryl methyl sites for hydroxylation is 1. The number of methoxy groups -OCH3 is 1. The van der Waals surface area contributed by atoms with Gasteiger partial charge in [0.15, 0.2) is 0 Å². The van der Waals surface area contributed by atoms with Gasteiger partial charge in [-0.15, -0.1) is 0 Å². The fourth-order valence-electron chi connectivity index (χ4n) is 1.30. The number of hydrogen-bond donors (Lipinski definition) is 2. The molecule has 0 bridgehead atoms. The minimum atomic E-state index is -0.967. The van der Waals surface area contributed by atoms with Crippen LogP contribution in [0.2, 0.25) is 0 Å².